The van der Waals surface area contributed by atoms with Gasteiger partial charge in [-0.15, -0.1) is 13.2 Å². The fourth-order valence-electron chi connectivity index (χ4n) is 1.35. The van der Waals surface area contributed by atoms with E-state index in [0.29, 0.717) is 6.20 Å². The Labute approximate surface area is 113 Å². The average molecular weight is 319 g/mol. The number of aromatic nitrogens is 1. The second-order valence-corrected chi connectivity index (χ2v) is 3.42. The Morgan fingerprint density at radius 1 is 1.14 bits per heavy atom. The van der Waals surface area contributed by atoms with Crippen molar-refractivity contribution in [2.45, 2.75) is 12.5 Å². The summed E-state index contributed by atoms with van der Waals surface area (Å²) >= 11 is 0. The molecule has 0 bridgehead atoms. The van der Waals surface area contributed by atoms with Crippen LogP contribution in [0.3, 0.4) is 0 Å². The van der Waals surface area contributed by atoms with Gasteiger partial charge in [-0.25, -0.2) is 9.78 Å². The van der Waals surface area contributed by atoms with Crippen LogP contribution in [0.1, 0.15) is 16.1 Å². The lowest BCUT2D eigenvalue weighted by Gasteiger charge is -2.19. The van der Waals surface area contributed by atoms with Crippen LogP contribution in [-0.4, -0.2) is 31.5 Å². The lowest BCUT2D eigenvalue weighted by atomic mass is 10.1. The van der Waals surface area contributed by atoms with Crippen LogP contribution >= 0.6 is 0 Å². The van der Waals surface area contributed by atoms with Gasteiger partial charge < -0.3 is 14.2 Å². The number of hydrogen-bond acceptors (Lipinski definition) is 5. The van der Waals surface area contributed by atoms with Gasteiger partial charge in [0.25, 0.3) is 0 Å². The molecule has 1 heterocycles. The topological polar surface area (TPSA) is 57.7 Å². The molecule has 1 aromatic heterocycles. The van der Waals surface area contributed by atoms with Crippen LogP contribution < -0.4 is 9.47 Å². The standard InChI is InChI=1S/C10H7F6NO4/c1-19-4-3-17-6(8(18)20-2)5(9(11,12)13)7(4)21-10(14,15)16/h3H,1-2H3. The quantitative estimate of drug-likeness (QED) is 0.633. The molecule has 0 N–H and O–H groups in total. The predicted octanol–water partition coefficient (Wildman–Crippen LogP) is 2.79. The monoisotopic (exact) mass is 319 g/mol. The van der Waals surface area contributed by atoms with Crippen LogP contribution in [0.25, 0.3) is 0 Å². The lowest BCUT2D eigenvalue weighted by molar-refractivity contribution is -0.276. The molecule has 5 nitrogen and oxygen atoms in total. The number of halogens is 6. The van der Waals surface area contributed by atoms with Gasteiger partial charge in [-0.3, -0.25) is 0 Å². The number of ether oxygens (including phenoxy) is 3. The highest BCUT2D eigenvalue weighted by molar-refractivity contribution is 5.90. The van der Waals surface area contributed by atoms with Gasteiger partial charge in [-0.05, 0) is 0 Å². The Hall–Kier alpha value is -2.20. The molecule has 1 aromatic rings. The number of carbonyl (C=O) groups excluding carboxylic acids is 1. The number of nitrogens with zero attached hydrogens (tertiary/aromatic N) is 1. The maximum Gasteiger partial charge on any atom is 0.573 e. The Balaban J connectivity index is 3.66. The van der Waals surface area contributed by atoms with Crippen molar-refractivity contribution in [2.24, 2.45) is 0 Å². The van der Waals surface area contributed by atoms with E-state index in [-0.39, 0.29) is 0 Å². The first kappa shape index (κ1) is 16.9. The highest BCUT2D eigenvalue weighted by Gasteiger charge is 2.45. The van der Waals surface area contributed by atoms with Gasteiger partial charge in [0.05, 0.1) is 20.4 Å². The molecule has 21 heavy (non-hydrogen) atoms. The van der Waals surface area contributed by atoms with Gasteiger partial charge in [-0.1, -0.05) is 0 Å². The minimum absolute atomic E-state index is 0.489. The van der Waals surface area contributed by atoms with Crippen LogP contribution in [-0.2, 0) is 10.9 Å². The Bertz CT molecular complexity index is 540. The summed E-state index contributed by atoms with van der Waals surface area (Å²) in [5.74, 6) is -4.22. The molecule has 0 aliphatic heterocycles. The number of methoxy groups -OCH3 is 2. The Morgan fingerprint density at radius 2 is 1.71 bits per heavy atom. The number of esters is 1. The van der Waals surface area contributed by atoms with Gasteiger partial charge in [0.15, 0.2) is 17.2 Å². The SMILES string of the molecule is COC(=O)c1ncc(OC)c(OC(F)(F)F)c1C(F)(F)F. The maximum atomic E-state index is 12.9. The van der Waals surface area contributed by atoms with Gasteiger partial charge in [0.2, 0.25) is 0 Å². The van der Waals surface area contributed by atoms with Crippen LogP contribution in [0.15, 0.2) is 6.20 Å². The third kappa shape index (κ3) is 3.89. The largest absolute Gasteiger partial charge is 0.573 e. The van der Waals surface area contributed by atoms with Gasteiger partial charge in [0.1, 0.15) is 5.56 Å². The lowest BCUT2D eigenvalue weighted by Crippen LogP contribution is -2.24. The Kier molecular flexibility index (Phi) is 4.54. The van der Waals surface area contributed by atoms with Crippen LogP contribution in [0.4, 0.5) is 26.3 Å². The molecule has 1 rings (SSSR count). The molecule has 0 radical (unpaired) electrons. The van der Waals surface area contributed by atoms with Crippen molar-refractivity contribution in [3.05, 3.63) is 17.5 Å². The maximum absolute atomic E-state index is 12.9. The summed E-state index contributed by atoms with van der Waals surface area (Å²) in [6.07, 6.45) is -10.3. The Morgan fingerprint density at radius 3 is 2.10 bits per heavy atom. The fraction of sp³-hybridized carbons (Fsp3) is 0.400. The molecule has 0 fully saturated rings. The smallest absolute Gasteiger partial charge is 0.491 e. The molecule has 0 aliphatic carbocycles. The van der Waals surface area contributed by atoms with Crippen LogP contribution in [0.5, 0.6) is 11.5 Å². The first-order chi connectivity index (χ1) is 9.51. The van der Waals surface area contributed by atoms with Crippen molar-refractivity contribution in [3.63, 3.8) is 0 Å². The van der Waals surface area contributed by atoms with Crippen molar-refractivity contribution >= 4 is 5.97 Å². The summed E-state index contributed by atoms with van der Waals surface area (Å²) in [6.45, 7) is 0. The van der Waals surface area contributed by atoms with E-state index < -0.39 is 41.3 Å². The van der Waals surface area contributed by atoms with Crippen molar-refractivity contribution in [2.75, 3.05) is 14.2 Å². The summed E-state index contributed by atoms with van der Waals surface area (Å²) in [5.41, 5.74) is -3.41. The number of alkyl halides is 6. The number of carbonyl (C=O) groups is 1. The van der Waals surface area contributed by atoms with Crippen LogP contribution in [0, 0.1) is 0 Å². The average Bonchev–Trinajstić information content (AvgIpc) is 2.33. The molecule has 0 saturated heterocycles. The minimum Gasteiger partial charge on any atom is -0.491 e. The third-order valence-corrected chi connectivity index (χ3v) is 2.10. The van der Waals surface area contributed by atoms with Crippen molar-refractivity contribution in [3.8, 4) is 11.5 Å². The zero-order valence-electron chi connectivity index (χ0n) is 10.4. The summed E-state index contributed by atoms with van der Waals surface area (Å²) in [7, 11) is 1.57. The third-order valence-electron chi connectivity index (χ3n) is 2.10. The van der Waals surface area contributed by atoms with Gasteiger partial charge in [0, 0.05) is 0 Å². The van der Waals surface area contributed by atoms with E-state index in [1.165, 1.54) is 0 Å². The normalized spacial score (nSPS) is 12.0. The van der Waals surface area contributed by atoms with Gasteiger partial charge in [-0.2, -0.15) is 13.2 Å². The van der Waals surface area contributed by atoms with Crippen molar-refractivity contribution < 1.29 is 45.3 Å². The molecular weight excluding hydrogens is 312 g/mol. The van der Waals surface area contributed by atoms with E-state index in [4.69, 9.17) is 0 Å². The highest BCUT2D eigenvalue weighted by Crippen LogP contribution is 2.45. The first-order valence-corrected chi connectivity index (χ1v) is 4.99. The molecule has 0 unspecified atom stereocenters. The van der Waals surface area contributed by atoms with E-state index in [1.54, 1.807) is 0 Å². The molecular formula is C10H7F6NO4. The summed E-state index contributed by atoms with van der Waals surface area (Å²) < 4.78 is 87.3. The van der Waals surface area contributed by atoms with Crippen molar-refractivity contribution in [1.29, 1.82) is 0 Å². The molecule has 11 heteroatoms. The molecule has 0 aromatic carbocycles. The molecule has 0 aliphatic rings. The first-order valence-electron chi connectivity index (χ1n) is 4.99. The number of hydrogen-bond donors (Lipinski definition) is 0. The summed E-state index contributed by atoms with van der Waals surface area (Å²) in [6, 6.07) is 0. The second-order valence-electron chi connectivity index (χ2n) is 3.42. The van der Waals surface area contributed by atoms with Crippen LogP contribution in [0.2, 0.25) is 0 Å². The number of pyridine rings is 1. The highest BCUT2D eigenvalue weighted by atomic mass is 19.4. The summed E-state index contributed by atoms with van der Waals surface area (Å²) in [4.78, 5) is 14.3. The molecule has 118 valence electrons. The second kappa shape index (κ2) is 5.66. The predicted molar refractivity (Wildman–Crippen MR) is 53.8 cm³/mol. The minimum atomic E-state index is -5.43. The molecule has 0 amide bonds. The van der Waals surface area contributed by atoms with E-state index in [2.05, 4.69) is 19.2 Å². The molecule has 0 spiro atoms. The zero-order chi connectivity index (χ0) is 16.4. The zero-order valence-corrected chi connectivity index (χ0v) is 10.4. The van der Waals surface area contributed by atoms with E-state index in [0.717, 1.165) is 14.2 Å². The molecule has 0 saturated carbocycles. The fourth-order valence-corrected chi connectivity index (χ4v) is 1.35. The van der Waals surface area contributed by atoms with E-state index in [1.807, 2.05) is 0 Å². The number of rotatable bonds is 3. The molecule has 0 atom stereocenters. The van der Waals surface area contributed by atoms with E-state index >= 15 is 0 Å². The van der Waals surface area contributed by atoms with Gasteiger partial charge >= 0.3 is 18.5 Å². The summed E-state index contributed by atoms with van der Waals surface area (Å²) in [5, 5.41) is 0. The van der Waals surface area contributed by atoms with Crippen molar-refractivity contribution in [1.82, 2.24) is 4.98 Å². The van der Waals surface area contributed by atoms with E-state index in [9.17, 15) is 31.1 Å².